The van der Waals surface area contributed by atoms with Crippen molar-refractivity contribution in [3.63, 3.8) is 0 Å². The van der Waals surface area contributed by atoms with Crippen LogP contribution in [0.25, 0.3) is 11.1 Å². The summed E-state index contributed by atoms with van der Waals surface area (Å²) in [5.74, 6) is 1.47. The highest BCUT2D eigenvalue weighted by Gasteiger charge is 2.44. The molecule has 8 heteroatoms. The molecule has 1 amide bonds. The van der Waals surface area contributed by atoms with Crippen molar-refractivity contribution in [3.05, 3.63) is 76.0 Å². The third kappa shape index (κ3) is 5.20. The SMILES string of the molecule is COc1ccc(C2(N[C@@H]3CC[C@H](C(=O)N4CCN(c5nc6cc(C)ccc6o5)CC4)[C@@H](c4ccsc4)C3)CCC2)cc1. The average Bonchev–Trinajstić information content (AvgIpc) is 3.69. The Kier molecular flexibility index (Phi) is 7.44. The van der Waals surface area contributed by atoms with Crippen molar-refractivity contribution in [1.82, 2.24) is 15.2 Å². The maximum absolute atomic E-state index is 14.1. The Morgan fingerprint density at radius 2 is 1.88 bits per heavy atom. The number of benzene rings is 2. The number of ether oxygens (including phenoxy) is 1. The summed E-state index contributed by atoms with van der Waals surface area (Å²) < 4.78 is 11.5. The van der Waals surface area contributed by atoms with Crippen molar-refractivity contribution in [2.45, 2.75) is 62.9 Å². The first-order valence-electron chi connectivity index (χ1n) is 15.4. The molecule has 3 aliphatic rings. The van der Waals surface area contributed by atoms with Crippen LogP contribution in [0.15, 0.2) is 63.7 Å². The van der Waals surface area contributed by atoms with Crippen LogP contribution in [-0.2, 0) is 10.3 Å². The van der Waals surface area contributed by atoms with Crippen molar-refractivity contribution < 1.29 is 13.9 Å². The van der Waals surface area contributed by atoms with E-state index < -0.39 is 0 Å². The highest BCUT2D eigenvalue weighted by atomic mass is 32.1. The lowest BCUT2D eigenvalue weighted by molar-refractivity contribution is -0.137. The molecule has 0 bridgehead atoms. The average molecular weight is 585 g/mol. The van der Waals surface area contributed by atoms with Gasteiger partial charge in [-0.25, -0.2) is 0 Å². The lowest BCUT2D eigenvalue weighted by Gasteiger charge is -2.48. The molecule has 2 aromatic carbocycles. The molecule has 0 unspecified atom stereocenters. The molecule has 2 saturated carbocycles. The molecule has 2 aliphatic carbocycles. The van der Waals surface area contributed by atoms with Crippen LogP contribution in [0.1, 0.15) is 61.1 Å². The normalized spacial score (nSPS) is 24.0. The molecular weight excluding hydrogens is 544 g/mol. The molecule has 0 radical (unpaired) electrons. The fourth-order valence-corrected chi connectivity index (χ4v) is 8.04. The number of nitrogens with zero attached hydrogens (tertiary/aromatic N) is 3. The maximum Gasteiger partial charge on any atom is 0.298 e. The number of thiophene rings is 1. The predicted octanol–water partition coefficient (Wildman–Crippen LogP) is 6.48. The van der Waals surface area contributed by atoms with Crippen LogP contribution in [0.4, 0.5) is 6.01 Å². The Labute approximate surface area is 251 Å². The lowest BCUT2D eigenvalue weighted by Crippen LogP contribution is -2.55. The number of piperazine rings is 1. The zero-order chi connectivity index (χ0) is 28.7. The Morgan fingerprint density at radius 1 is 1.07 bits per heavy atom. The first-order valence-corrected chi connectivity index (χ1v) is 16.3. The molecular formula is C34H40N4O3S. The number of hydrogen-bond donors (Lipinski definition) is 1. The molecule has 3 atom stereocenters. The summed E-state index contributed by atoms with van der Waals surface area (Å²) in [6, 6.07) is 18.0. The second kappa shape index (κ2) is 11.4. The lowest BCUT2D eigenvalue weighted by atomic mass is 9.68. The molecule has 4 aromatic rings. The van der Waals surface area contributed by atoms with Crippen molar-refractivity contribution in [2.24, 2.45) is 5.92 Å². The number of fused-ring (bicyclic) bond motifs is 1. The van der Waals surface area contributed by atoms with Gasteiger partial charge in [0.1, 0.15) is 11.3 Å². The number of aromatic nitrogens is 1. The number of nitrogens with one attached hydrogen (secondary N) is 1. The zero-order valence-electron chi connectivity index (χ0n) is 24.6. The van der Waals surface area contributed by atoms with Crippen molar-refractivity contribution >= 4 is 34.4 Å². The Balaban J connectivity index is 1.03. The molecule has 2 aromatic heterocycles. The van der Waals surface area contributed by atoms with Gasteiger partial charge in [0.2, 0.25) is 5.91 Å². The van der Waals surface area contributed by atoms with Crippen LogP contribution >= 0.6 is 11.3 Å². The summed E-state index contributed by atoms with van der Waals surface area (Å²) in [4.78, 5) is 23.1. The maximum atomic E-state index is 14.1. The minimum atomic E-state index is 0.0230. The van der Waals surface area contributed by atoms with Gasteiger partial charge in [-0.15, -0.1) is 0 Å². The molecule has 220 valence electrons. The predicted molar refractivity (Wildman–Crippen MR) is 167 cm³/mol. The Morgan fingerprint density at radius 3 is 2.57 bits per heavy atom. The van der Waals surface area contributed by atoms with Gasteiger partial charge in [-0.1, -0.05) is 18.2 Å². The second-order valence-corrected chi connectivity index (χ2v) is 13.1. The van der Waals surface area contributed by atoms with Gasteiger partial charge in [-0.3, -0.25) is 4.79 Å². The second-order valence-electron chi connectivity index (χ2n) is 12.4. The molecule has 7 nitrogen and oxygen atoms in total. The Bertz CT molecular complexity index is 1520. The number of amides is 1. The smallest absolute Gasteiger partial charge is 0.298 e. The van der Waals surface area contributed by atoms with Crippen LogP contribution in [0, 0.1) is 12.8 Å². The molecule has 3 heterocycles. The van der Waals surface area contributed by atoms with Crippen LogP contribution in [0.5, 0.6) is 5.75 Å². The van der Waals surface area contributed by atoms with Crippen molar-refractivity contribution in [2.75, 3.05) is 38.2 Å². The fraction of sp³-hybridized carbons (Fsp3) is 0.471. The summed E-state index contributed by atoms with van der Waals surface area (Å²) >= 11 is 1.73. The molecule has 1 saturated heterocycles. The van der Waals surface area contributed by atoms with Crippen LogP contribution in [0.3, 0.4) is 0 Å². The van der Waals surface area contributed by atoms with Crippen LogP contribution in [-0.4, -0.2) is 55.1 Å². The highest BCUT2D eigenvalue weighted by molar-refractivity contribution is 7.08. The zero-order valence-corrected chi connectivity index (χ0v) is 25.4. The quantitative estimate of drug-likeness (QED) is 0.268. The molecule has 0 spiro atoms. The minimum Gasteiger partial charge on any atom is -0.497 e. The van der Waals surface area contributed by atoms with Crippen molar-refractivity contribution in [3.8, 4) is 5.75 Å². The summed E-state index contributed by atoms with van der Waals surface area (Å²) in [6.07, 6.45) is 6.50. The topological polar surface area (TPSA) is 70.8 Å². The Hall–Kier alpha value is -3.36. The monoisotopic (exact) mass is 584 g/mol. The number of hydrogen-bond acceptors (Lipinski definition) is 7. The van der Waals surface area contributed by atoms with E-state index in [1.54, 1.807) is 18.4 Å². The molecule has 7 rings (SSSR count). The number of methoxy groups -OCH3 is 1. The van der Waals surface area contributed by atoms with E-state index in [0.29, 0.717) is 31.1 Å². The standard InChI is InChI=1S/C34H40N4O3S/c1-23-4-11-31-30(20-23)35-33(41-31)38-17-15-37(16-18-38)32(39)28-10-7-26(21-29(28)24-12-19-42-22-24)36-34(13-3-14-34)25-5-8-27(40-2)9-6-25/h4-6,8-9,11-12,19-20,22,26,28-29,36H,3,7,10,13-18,21H2,1-2H3/t26-,28+,29-/m1/s1. The van der Waals surface area contributed by atoms with Crippen LogP contribution < -0.4 is 15.0 Å². The van der Waals surface area contributed by atoms with Crippen molar-refractivity contribution in [1.29, 1.82) is 0 Å². The third-order valence-electron chi connectivity index (χ3n) is 9.86. The van der Waals surface area contributed by atoms with Gasteiger partial charge in [0.15, 0.2) is 5.58 Å². The van der Waals surface area contributed by atoms with Gasteiger partial charge >= 0.3 is 0 Å². The molecule has 3 fully saturated rings. The van der Waals surface area contributed by atoms with Gasteiger partial charge in [0.05, 0.1) is 7.11 Å². The number of oxazole rings is 1. The highest BCUT2D eigenvalue weighted by Crippen LogP contribution is 2.46. The first-order chi connectivity index (χ1) is 20.5. The number of carbonyl (C=O) groups is 1. The largest absolute Gasteiger partial charge is 0.497 e. The number of rotatable bonds is 7. The van der Waals surface area contributed by atoms with Gasteiger partial charge in [-0.05, 0) is 109 Å². The van der Waals surface area contributed by atoms with Gasteiger partial charge in [0.25, 0.3) is 6.01 Å². The summed E-state index contributed by atoms with van der Waals surface area (Å²) in [5.41, 5.74) is 5.58. The molecule has 42 heavy (non-hydrogen) atoms. The summed E-state index contributed by atoms with van der Waals surface area (Å²) in [6.45, 7) is 4.94. The van der Waals surface area contributed by atoms with E-state index in [2.05, 4.69) is 69.2 Å². The van der Waals surface area contributed by atoms with E-state index in [-0.39, 0.29) is 17.4 Å². The van der Waals surface area contributed by atoms with Gasteiger partial charge in [-0.2, -0.15) is 16.3 Å². The third-order valence-corrected chi connectivity index (χ3v) is 10.6. The summed E-state index contributed by atoms with van der Waals surface area (Å²) in [7, 11) is 1.72. The van der Waals surface area contributed by atoms with E-state index in [1.165, 1.54) is 23.1 Å². The molecule has 1 N–H and O–H groups in total. The van der Waals surface area contributed by atoms with E-state index in [1.807, 2.05) is 12.1 Å². The first kappa shape index (κ1) is 27.5. The van der Waals surface area contributed by atoms with Gasteiger partial charge < -0.3 is 24.3 Å². The number of anilines is 1. The van der Waals surface area contributed by atoms with Gasteiger partial charge in [0, 0.05) is 43.7 Å². The van der Waals surface area contributed by atoms with E-state index >= 15 is 0 Å². The van der Waals surface area contributed by atoms with E-state index in [9.17, 15) is 4.79 Å². The molecule has 1 aliphatic heterocycles. The fourth-order valence-electron chi connectivity index (χ4n) is 7.31. The summed E-state index contributed by atoms with van der Waals surface area (Å²) in [5, 5.41) is 8.51. The van der Waals surface area contributed by atoms with E-state index in [4.69, 9.17) is 14.1 Å². The van der Waals surface area contributed by atoms with E-state index in [0.717, 1.165) is 62.0 Å². The number of aryl methyl sites for hydroxylation is 1. The minimum absolute atomic E-state index is 0.0230. The number of carbonyl (C=O) groups excluding carboxylic acids is 1. The van der Waals surface area contributed by atoms with Crippen LogP contribution in [0.2, 0.25) is 0 Å².